The minimum absolute atomic E-state index is 0.0686. The number of carbonyl (C=O) groups excluding carboxylic acids is 1. The Hall–Kier alpha value is -2.69. The van der Waals surface area contributed by atoms with E-state index in [1.807, 2.05) is 23.1 Å². The number of likely N-dealkylation sites (tertiary alicyclic amines) is 1. The number of benzene rings is 2. The van der Waals surface area contributed by atoms with Crippen molar-refractivity contribution in [3.8, 4) is 11.5 Å². The molecule has 5 heteroatoms. The largest absolute Gasteiger partial charge is 0.497 e. The number of carbonyl (C=O) groups is 1. The lowest BCUT2D eigenvalue weighted by Gasteiger charge is -2.36. The van der Waals surface area contributed by atoms with Gasteiger partial charge in [-0.3, -0.25) is 0 Å². The van der Waals surface area contributed by atoms with Gasteiger partial charge >= 0.3 is 6.03 Å². The van der Waals surface area contributed by atoms with Crippen molar-refractivity contribution < 1.29 is 14.3 Å². The molecule has 1 fully saturated rings. The molecule has 1 aliphatic heterocycles. The molecule has 1 saturated heterocycles. The molecule has 138 valence electrons. The number of urea groups is 1. The van der Waals surface area contributed by atoms with Gasteiger partial charge < -0.3 is 19.7 Å². The van der Waals surface area contributed by atoms with Gasteiger partial charge in [0.25, 0.3) is 0 Å². The maximum atomic E-state index is 12.9. The lowest BCUT2D eigenvalue weighted by Crippen LogP contribution is -2.46. The van der Waals surface area contributed by atoms with Crippen molar-refractivity contribution >= 4 is 11.7 Å². The van der Waals surface area contributed by atoms with Crippen LogP contribution in [-0.4, -0.2) is 37.7 Å². The van der Waals surface area contributed by atoms with Gasteiger partial charge in [-0.25, -0.2) is 4.79 Å². The summed E-state index contributed by atoms with van der Waals surface area (Å²) in [5.41, 5.74) is 1.94. The van der Waals surface area contributed by atoms with Crippen LogP contribution in [0.4, 0.5) is 10.5 Å². The van der Waals surface area contributed by atoms with E-state index in [1.54, 1.807) is 32.4 Å². The first-order chi connectivity index (χ1) is 12.7. The van der Waals surface area contributed by atoms with Crippen LogP contribution in [0.25, 0.3) is 0 Å². The quantitative estimate of drug-likeness (QED) is 0.869. The Bertz CT molecular complexity index is 711. The molecule has 26 heavy (non-hydrogen) atoms. The standard InChI is InChI=1S/C21H26N2O3/c1-25-19-13-17(14-20(15-19)26-2)22-21(24)23-11-7-6-10-18(23)12-16-8-4-3-5-9-16/h3-5,8-9,13-15,18H,6-7,10-12H2,1-2H3,(H,22,24)/t18-/m1/s1. The second kappa shape index (κ2) is 8.61. The molecule has 2 aromatic rings. The van der Waals surface area contributed by atoms with E-state index < -0.39 is 0 Å². The van der Waals surface area contributed by atoms with Crippen molar-refractivity contribution in [1.82, 2.24) is 4.90 Å². The molecule has 0 saturated carbocycles. The molecule has 3 rings (SSSR count). The van der Waals surface area contributed by atoms with Gasteiger partial charge in [-0.2, -0.15) is 0 Å². The zero-order chi connectivity index (χ0) is 18.4. The van der Waals surface area contributed by atoms with E-state index in [2.05, 4.69) is 17.4 Å². The van der Waals surface area contributed by atoms with Gasteiger partial charge in [0.15, 0.2) is 0 Å². The highest BCUT2D eigenvalue weighted by atomic mass is 16.5. The highest BCUT2D eigenvalue weighted by Gasteiger charge is 2.27. The predicted octanol–water partition coefficient (Wildman–Crippen LogP) is 4.33. The van der Waals surface area contributed by atoms with Crippen molar-refractivity contribution in [2.24, 2.45) is 0 Å². The second-order valence-corrected chi connectivity index (χ2v) is 6.56. The van der Waals surface area contributed by atoms with Crippen molar-refractivity contribution in [3.05, 3.63) is 54.1 Å². The van der Waals surface area contributed by atoms with Crippen molar-refractivity contribution in [2.45, 2.75) is 31.7 Å². The minimum atomic E-state index is -0.0686. The summed E-state index contributed by atoms with van der Waals surface area (Å²) < 4.78 is 10.6. The molecule has 1 N–H and O–H groups in total. The van der Waals surface area contributed by atoms with E-state index in [9.17, 15) is 4.79 Å². The molecule has 0 aliphatic carbocycles. The molecule has 5 nitrogen and oxygen atoms in total. The van der Waals surface area contributed by atoms with Gasteiger partial charge in [0.05, 0.1) is 14.2 Å². The highest BCUT2D eigenvalue weighted by molar-refractivity contribution is 5.90. The zero-order valence-corrected chi connectivity index (χ0v) is 15.4. The first-order valence-electron chi connectivity index (χ1n) is 9.04. The molecule has 1 aliphatic rings. The number of anilines is 1. The van der Waals surface area contributed by atoms with Crippen molar-refractivity contribution in [3.63, 3.8) is 0 Å². The Balaban J connectivity index is 1.72. The molecule has 1 atom stereocenters. The summed E-state index contributed by atoms with van der Waals surface area (Å²) in [6.07, 6.45) is 4.12. The number of nitrogens with one attached hydrogen (secondary N) is 1. The summed E-state index contributed by atoms with van der Waals surface area (Å²) in [6, 6.07) is 15.9. The number of rotatable bonds is 5. The fraction of sp³-hybridized carbons (Fsp3) is 0.381. The van der Waals surface area contributed by atoms with Crippen LogP contribution in [0.2, 0.25) is 0 Å². The normalized spacial score (nSPS) is 16.8. The summed E-state index contributed by atoms with van der Waals surface area (Å²) >= 11 is 0. The topological polar surface area (TPSA) is 50.8 Å². The number of hydrogen-bond acceptors (Lipinski definition) is 3. The fourth-order valence-electron chi connectivity index (χ4n) is 3.44. The van der Waals surface area contributed by atoms with Gasteiger partial charge in [-0.15, -0.1) is 0 Å². The smallest absolute Gasteiger partial charge is 0.322 e. The summed E-state index contributed by atoms with van der Waals surface area (Å²) in [5, 5.41) is 3.00. The van der Waals surface area contributed by atoms with Gasteiger partial charge in [0.1, 0.15) is 11.5 Å². The molecule has 0 unspecified atom stereocenters. The summed E-state index contributed by atoms with van der Waals surface area (Å²) in [4.78, 5) is 14.9. The van der Waals surface area contributed by atoms with E-state index in [0.717, 1.165) is 32.2 Å². The van der Waals surface area contributed by atoms with Gasteiger partial charge in [-0.05, 0) is 31.2 Å². The molecule has 2 aromatic carbocycles. The Morgan fingerprint density at radius 2 is 1.77 bits per heavy atom. The lowest BCUT2D eigenvalue weighted by molar-refractivity contribution is 0.162. The molecule has 0 spiro atoms. The third kappa shape index (κ3) is 4.48. The number of ether oxygens (including phenoxy) is 2. The molecular formula is C21H26N2O3. The maximum absolute atomic E-state index is 12.9. The van der Waals surface area contributed by atoms with Crippen LogP contribution in [0, 0.1) is 0 Å². The second-order valence-electron chi connectivity index (χ2n) is 6.56. The third-order valence-electron chi connectivity index (χ3n) is 4.80. The average molecular weight is 354 g/mol. The van der Waals surface area contributed by atoms with Crippen LogP contribution in [0.15, 0.2) is 48.5 Å². The van der Waals surface area contributed by atoms with Crippen molar-refractivity contribution in [1.29, 1.82) is 0 Å². The maximum Gasteiger partial charge on any atom is 0.322 e. The summed E-state index contributed by atoms with van der Waals surface area (Å²) in [5.74, 6) is 1.30. The Kier molecular flexibility index (Phi) is 6.00. The van der Waals surface area contributed by atoms with Gasteiger partial charge in [0, 0.05) is 36.5 Å². The van der Waals surface area contributed by atoms with Crippen LogP contribution < -0.4 is 14.8 Å². The Labute approximate surface area is 154 Å². The number of amides is 2. The average Bonchev–Trinajstić information content (AvgIpc) is 2.68. The molecule has 1 heterocycles. The van der Waals surface area contributed by atoms with Crippen LogP contribution in [-0.2, 0) is 6.42 Å². The molecule has 2 amide bonds. The monoisotopic (exact) mass is 354 g/mol. The van der Waals surface area contributed by atoms with E-state index in [4.69, 9.17) is 9.47 Å². The number of methoxy groups -OCH3 is 2. The summed E-state index contributed by atoms with van der Waals surface area (Å²) in [6.45, 7) is 0.782. The van der Waals surface area contributed by atoms with Crippen LogP contribution in [0.1, 0.15) is 24.8 Å². The number of nitrogens with zero attached hydrogens (tertiary/aromatic N) is 1. The van der Waals surface area contributed by atoms with Crippen LogP contribution in [0.3, 0.4) is 0 Å². The summed E-state index contributed by atoms with van der Waals surface area (Å²) in [7, 11) is 3.20. The van der Waals surface area contributed by atoms with E-state index in [0.29, 0.717) is 17.2 Å². The molecular weight excluding hydrogens is 328 g/mol. The van der Waals surface area contributed by atoms with Gasteiger partial charge in [-0.1, -0.05) is 30.3 Å². The Morgan fingerprint density at radius 3 is 2.42 bits per heavy atom. The lowest BCUT2D eigenvalue weighted by atomic mass is 9.96. The van der Waals surface area contributed by atoms with Gasteiger partial charge in [0.2, 0.25) is 0 Å². The zero-order valence-electron chi connectivity index (χ0n) is 15.4. The first-order valence-corrected chi connectivity index (χ1v) is 9.04. The van der Waals surface area contributed by atoms with E-state index in [1.165, 1.54) is 5.56 Å². The van der Waals surface area contributed by atoms with Crippen LogP contribution in [0.5, 0.6) is 11.5 Å². The first kappa shape index (κ1) is 18.1. The third-order valence-corrected chi connectivity index (χ3v) is 4.80. The van der Waals surface area contributed by atoms with E-state index in [-0.39, 0.29) is 12.1 Å². The van der Waals surface area contributed by atoms with Crippen molar-refractivity contribution in [2.75, 3.05) is 26.1 Å². The number of piperidine rings is 1. The minimum Gasteiger partial charge on any atom is -0.497 e. The molecule has 0 bridgehead atoms. The highest BCUT2D eigenvalue weighted by Crippen LogP contribution is 2.27. The predicted molar refractivity (Wildman–Crippen MR) is 103 cm³/mol. The fourth-order valence-corrected chi connectivity index (χ4v) is 3.44. The molecule has 0 radical (unpaired) electrons. The molecule has 0 aromatic heterocycles. The number of hydrogen-bond donors (Lipinski definition) is 1. The Morgan fingerprint density at radius 1 is 1.08 bits per heavy atom. The van der Waals surface area contributed by atoms with Crippen LogP contribution >= 0.6 is 0 Å². The van der Waals surface area contributed by atoms with E-state index >= 15 is 0 Å². The SMILES string of the molecule is COc1cc(NC(=O)N2CCCC[C@@H]2Cc2ccccc2)cc(OC)c1.